The molecule has 1 N–H and O–H groups in total. The van der Waals surface area contributed by atoms with Crippen molar-refractivity contribution < 1.29 is 0 Å². The molecule has 0 aliphatic heterocycles. The number of fused-ring (bicyclic) bond motifs is 1. The van der Waals surface area contributed by atoms with Gasteiger partial charge in [0.15, 0.2) is 0 Å². The molecule has 1 heterocycles. The number of aromatic nitrogens is 2. The Morgan fingerprint density at radius 2 is 2.12 bits per heavy atom. The third-order valence-corrected chi connectivity index (χ3v) is 2.77. The molecule has 0 atom stereocenters. The van der Waals surface area contributed by atoms with Crippen LogP contribution in [0.5, 0.6) is 0 Å². The lowest BCUT2D eigenvalue weighted by atomic mass is 10.2. The van der Waals surface area contributed by atoms with Crippen LogP contribution in [0.2, 0.25) is 0 Å². The van der Waals surface area contributed by atoms with Crippen LogP contribution < -0.4 is 5.32 Å². The van der Waals surface area contributed by atoms with Crippen LogP contribution in [0.4, 0.5) is 5.82 Å². The Labute approximate surface area is 103 Å². The summed E-state index contributed by atoms with van der Waals surface area (Å²) in [7, 11) is 0. The van der Waals surface area contributed by atoms with Gasteiger partial charge in [0.2, 0.25) is 0 Å². The maximum atomic E-state index is 4.28. The fourth-order valence-corrected chi connectivity index (χ4v) is 1.83. The Hall–Kier alpha value is -1.16. The number of benzene rings is 1. The van der Waals surface area contributed by atoms with E-state index >= 15 is 0 Å². The normalized spacial score (nSPS) is 11.0. The summed E-state index contributed by atoms with van der Waals surface area (Å²) in [5, 5.41) is 4.40. The molecule has 0 unspecified atom stereocenters. The van der Waals surface area contributed by atoms with Crippen LogP contribution in [0.25, 0.3) is 10.9 Å². The highest BCUT2D eigenvalue weighted by molar-refractivity contribution is 9.10. The zero-order chi connectivity index (χ0) is 11.5. The number of hydrogen-bond acceptors (Lipinski definition) is 3. The van der Waals surface area contributed by atoms with Crippen LogP contribution in [0.3, 0.4) is 0 Å². The molecule has 0 saturated heterocycles. The largest absolute Gasteiger partial charge is 0.369 e. The lowest BCUT2D eigenvalue weighted by Crippen LogP contribution is -2.09. The Balaban J connectivity index is 2.40. The first-order valence-electron chi connectivity index (χ1n) is 5.31. The van der Waals surface area contributed by atoms with Crippen LogP contribution in [-0.2, 0) is 0 Å². The predicted molar refractivity (Wildman–Crippen MR) is 70.6 cm³/mol. The fraction of sp³-hybridized carbons (Fsp3) is 0.333. The molecular weight excluding hydrogens is 266 g/mol. The third kappa shape index (κ3) is 2.50. The number of nitrogens with one attached hydrogen (secondary N) is 1. The summed E-state index contributed by atoms with van der Waals surface area (Å²) in [6.45, 7) is 5.26. The first-order valence-corrected chi connectivity index (χ1v) is 6.10. The number of halogens is 1. The minimum Gasteiger partial charge on any atom is -0.369 e. The van der Waals surface area contributed by atoms with Gasteiger partial charge in [-0.15, -0.1) is 0 Å². The topological polar surface area (TPSA) is 37.8 Å². The minimum absolute atomic E-state index is 0.595. The zero-order valence-corrected chi connectivity index (χ0v) is 11.0. The second-order valence-corrected chi connectivity index (χ2v) is 5.07. The van der Waals surface area contributed by atoms with Crippen molar-refractivity contribution in [1.82, 2.24) is 9.97 Å². The maximum Gasteiger partial charge on any atom is 0.137 e. The Morgan fingerprint density at radius 1 is 1.31 bits per heavy atom. The predicted octanol–water partition coefficient (Wildman–Crippen LogP) is 3.46. The Bertz CT molecular complexity index is 497. The minimum atomic E-state index is 0.595. The van der Waals surface area contributed by atoms with E-state index in [1.54, 1.807) is 6.33 Å². The summed E-state index contributed by atoms with van der Waals surface area (Å²) in [5.41, 5.74) is 0.962. The van der Waals surface area contributed by atoms with Gasteiger partial charge in [-0.2, -0.15) is 0 Å². The fourth-order valence-electron chi connectivity index (χ4n) is 1.47. The van der Waals surface area contributed by atoms with Gasteiger partial charge in [0, 0.05) is 16.4 Å². The van der Waals surface area contributed by atoms with Crippen molar-refractivity contribution in [2.75, 3.05) is 11.9 Å². The van der Waals surface area contributed by atoms with Gasteiger partial charge in [-0.3, -0.25) is 0 Å². The molecule has 0 amide bonds. The van der Waals surface area contributed by atoms with E-state index in [-0.39, 0.29) is 0 Å². The first kappa shape index (κ1) is 11.3. The smallest absolute Gasteiger partial charge is 0.137 e. The summed E-state index contributed by atoms with van der Waals surface area (Å²) in [6.07, 6.45) is 1.60. The molecule has 0 aliphatic carbocycles. The van der Waals surface area contributed by atoms with Crippen molar-refractivity contribution in [1.29, 1.82) is 0 Å². The van der Waals surface area contributed by atoms with Gasteiger partial charge in [-0.1, -0.05) is 29.8 Å². The Morgan fingerprint density at radius 3 is 2.88 bits per heavy atom. The lowest BCUT2D eigenvalue weighted by Gasteiger charge is -2.10. The zero-order valence-electron chi connectivity index (χ0n) is 9.37. The lowest BCUT2D eigenvalue weighted by molar-refractivity contribution is 0.687. The Kier molecular flexibility index (Phi) is 3.39. The SMILES string of the molecule is CC(C)CNc1ncnc2ccc(Br)cc12. The van der Waals surface area contributed by atoms with E-state index in [2.05, 4.69) is 45.1 Å². The second-order valence-electron chi connectivity index (χ2n) is 4.16. The van der Waals surface area contributed by atoms with Crippen LogP contribution >= 0.6 is 15.9 Å². The number of hydrogen-bond donors (Lipinski definition) is 1. The van der Waals surface area contributed by atoms with Gasteiger partial charge in [0.05, 0.1) is 5.52 Å². The summed E-state index contributed by atoms with van der Waals surface area (Å²) in [5.74, 6) is 1.50. The van der Waals surface area contributed by atoms with E-state index in [0.717, 1.165) is 27.7 Å². The molecule has 84 valence electrons. The van der Waals surface area contributed by atoms with Crippen molar-refractivity contribution in [3.05, 3.63) is 29.0 Å². The van der Waals surface area contributed by atoms with E-state index in [9.17, 15) is 0 Å². The quantitative estimate of drug-likeness (QED) is 0.935. The molecule has 4 heteroatoms. The molecule has 1 aromatic carbocycles. The third-order valence-electron chi connectivity index (χ3n) is 2.28. The molecule has 16 heavy (non-hydrogen) atoms. The number of rotatable bonds is 3. The first-order chi connectivity index (χ1) is 7.66. The highest BCUT2D eigenvalue weighted by Crippen LogP contribution is 2.23. The molecule has 0 aliphatic rings. The van der Waals surface area contributed by atoms with Gasteiger partial charge < -0.3 is 5.32 Å². The molecule has 3 nitrogen and oxygen atoms in total. The van der Waals surface area contributed by atoms with E-state index < -0.39 is 0 Å². The van der Waals surface area contributed by atoms with Crippen molar-refractivity contribution >= 4 is 32.7 Å². The van der Waals surface area contributed by atoms with E-state index in [0.29, 0.717) is 5.92 Å². The molecule has 0 saturated carbocycles. The monoisotopic (exact) mass is 279 g/mol. The van der Waals surface area contributed by atoms with Crippen molar-refractivity contribution in [3.8, 4) is 0 Å². The molecule has 0 radical (unpaired) electrons. The van der Waals surface area contributed by atoms with Gasteiger partial charge in [-0.05, 0) is 24.1 Å². The van der Waals surface area contributed by atoms with Crippen molar-refractivity contribution in [3.63, 3.8) is 0 Å². The summed E-state index contributed by atoms with van der Waals surface area (Å²) >= 11 is 3.46. The molecular formula is C12H14BrN3. The average Bonchev–Trinajstić information content (AvgIpc) is 2.26. The van der Waals surface area contributed by atoms with Crippen LogP contribution in [0.15, 0.2) is 29.0 Å². The second kappa shape index (κ2) is 4.78. The van der Waals surface area contributed by atoms with Gasteiger partial charge in [0.25, 0.3) is 0 Å². The van der Waals surface area contributed by atoms with Crippen LogP contribution in [-0.4, -0.2) is 16.5 Å². The molecule has 2 aromatic rings. The number of nitrogens with zero attached hydrogens (tertiary/aromatic N) is 2. The van der Waals surface area contributed by atoms with Gasteiger partial charge in [0.1, 0.15) is 12.1 Å². The summed E-state index contributed by atoms with van der Waals surface area (Å²) < 4.78 is 1.04. The maximum absolute atomic E-state index is 4.28. The van der Waals surface area contributed by atoms with E-state index in [4.69, 9.17) is 0 Å². The van der Waals surface area contributed by atoms with E-state index in [1.807, 2.05) is 18.2 Å². The summed E-state index contributed by atoms with van der Waals surface area (Å²) in [4.78, 5) is 8.52. The molecule has 1 aromatic heterocycles. The molecule has 0 fully saturated rings. The van der Waals surface area contributed by atoms with Crippen LogP contribution in [0.1, 0.15) is 13.8 Å². The highest BCUT2D eigenvalue weighted by Gasteiger charge is 2.04. The summed E-state index contributed by atoms with van der Waals surface area (Å²) in [6, 6.07) is 6.02. The van der Waals surface area contributed by atoms with Crippen molar-refractivity contribution in [2.45, 2.75) is 13.8 Å². The van der Waals surface area contributed by atoms with Gasteiger partial charge >= 0.3 is 0 Å². The van der Waals surface area contributed by atoms with Gasteiger partial charge in [-0.25, -0.2) is 9.97 Å². The molecule has 0 bridgehead atoms. The van der Waals surface area contributed by atoms with E-state index in [1.165, 1.54) is 0 Å². The standard InChI is InChI=1S/C12H14BrN3/c1-8(2)6-14-12-10-5-9(13)3-4-11(10)15-7-16-12/h3-5,7-8H,6H2,1-2H3,(H,14,15,16). The average molecular weight is 280 g/mol. The molecule has 2 rings (SSSR count). The number of anilines is 1. The van der Waals surface area contributed by atoms with Crippen molar-refractivity contribution in [2.24, 2.45) is 5.92 Å². The van der Waals surface area contributed by atoms with Crippen LogP contribution in [0, 0.1) is 5.92 Å². The molecule has 0 spiro atoms. The highest BCUT2D eigenvalue weighted by atomic mass is 79.9.